The fraction of sp³-hybridized carbons (Fsp3) is 0.750. The number of aliphatic carboxylic acids is 1. The van der Waals surface area contributed by atoms with Crippen LogP contribution in [0.2, 0.25) is 0 Å². The van der Waals surface area contributed by atoms with Crippen LogP contribution in [0.4, 0.5) is 0 Å². The second-order valence-corrected chi connectivity index (χ2v) is 6.00. The number of hydrogen-bond acceptors (Lipinski definition) is 3. The van der Waals surface area contributed by atoms with E-state index >= 15 is 0 Å². The largest absolute Gasteiger partial charge is 0.481 e. The van der Waals surface area contributed by atoms with E-state index in [1.807, 2.05) is 6.08 Å². The summed E-state index contributed by atoms with van der Waals surface area (Å²) in [6.45, 7) is 4.90. The standard InChI is InChI=1S/C16H25NO4/c1-3-5-6-10(4-2)9-17-15(18)13-11-7-8-12(21-11)14(13)16(19)20/h7-8,10-14H,3-6,9H2,1-2H3,(H,17,18)(H,19,20)/t10-,11+,12+,13+,14+/m0/s1. The number of carbonyl (C=O) groups excluding carboxylic acids is 1. The highest BCUT2D eigenvalue weighted by atomic mass is 16.5. The van der Waals surface area contributed by atoms with Crippen LogP contribution in [-0.2, 0) is 14.3 Å². The van der Waals surface area contributed by atoms with Crippen molar-refractivity contribution in [1.82, 2.24) is 5.32 Å². The third kappa shape index (κ3) is 3.46. The molecule has 1 saturated heterocycles. The Labute approximate surface area is 125 Å². The summed E-state index contributed by atoms with van der Waals surface area (Å²) in [6.07, 6.45) is 7.16. The quantitative estimate of drug-likeness (QED) is 0.671. The van der Waals surface area contributed by atoms with Crippen LogP contribution in [0.3, 0.4) is 0 Å². The normalized spacial score (nSPS) is 31.3. The molecule has 0 aromatic rings. The Morgan fingerprint density at radius 2 is 1.90 bits per heavy atom. The van der Waals surface area contributed by atoms with E-state index in [0.29, 0.717) is 12.5 Å². The maximum absolute atomic E-state index is 12.4. The minimum absolute atomic E-state index is 0.186. The van der Waals surface area contributed by atoms with Crippen molar-refractivity contribution >= 4 is 11.9 Å². The first-order chi connectivity index (χ1) is 10.1. The summed E-state index contributed by atoms with van der Waals surface area (Å²) in [5.41, 5.74) is 0. The lowest BCUT2D eigenvalue weighted by Gasteiger charge is -2.22. The van der Waals surface area contributed by atoms with E-state index in [0.717, 1.165) is 25.7 Å². The van der Waals surface area contributed by atoms with Crippen LogP contribution in [0.5, 0.6) is 0 Å². The maximum Gasteiger partial charge on any atom is 0.310 e. The molecule has 2 bridgehead atoms. The summed E-state index contributed by atoms with van der Waals surface area (Å²) in [5.74, 6) is -2.02. The number of amides is 1. The van der Waals surface area contributed by atoms with Crippen molar-refractivity contribution in [1.29, 1.82) is 0 Å². The SMILES string of the molecule is CCCC[C@H](CC)CNC(=O)[C@H]1[C@H](C(=O)O)[C@H]2C=C[C@H]1O2. The number of unbranched alkanes of at least 4 members (excludes halogenated alkanes) is 1. The Morgan fingerprint density at radius 3 is 2.48 bits per heavy atom. The van der Waals surface area contributed by atoms with Crippen LogP contribution in [0.25, 0.3) is 0 Å². The molecule has 5 nitrogen and oxygen atoms in total. The van der Waals surface area contributed by atoms with Gasteiger partial charge in [0.05, 0.1) is 18.1 Å². The predicted octanol–water partition coefficient (Wildman–Crippen LogP) is 1.97. The Balaban J connectivity index is 1.90. The van der Waals surface area contributed by atoms with Gasteiger partial charge in [0.25, 0.3) is 0 Å². The van der Waals surface area contributed by atoms with Crippen molar-refractivity contribution in [3.8, 4) is 0 Å². The molecule has 2 aliphatic heterocycles. The van der Waals surface area contributed by atoms with Crippen molar-refractivity contribution in [3.63, 3.8) is 0 Å². The molecule has 0 aliphatic carbocycles. The Kier molecular flexibility index (Phi) is 5.39. The minimum Gasteiger partial charge on any atom is -0.481 e. The van der Waals surface area contributed by atoms with E-state index in [1.165, 1.54) is 0 Å². The Morgan fingerprint density at radius 1 is 1.24 bits per heavy atom. The number of rotatable bonds is 8. The predicted molar refractivity (Wildman–Crippen MR) is 78.7 cm³/mol. The van der Waals surface area contributed by atoms with Crippen LogP contribution < -0.4 is 5.32 Å². The molecule has 2 aliphatic rings. The van der Waals surface area contributed by atoms with Crippen LogP contribution in [0.15, 0.2) is 12.2 Å². The van der Waals surface area contributed by atoms with E-state index in [-0.39, 0.29) is 12.0 Å². The smallest absolute Gasteiger partial charge is 0.310 e. The Bertz CT molecular complexity index is 421. The van der Waals surface area contributed by atoms with E-state index in [2.05, 4.69) is 19.2 Å². The van der Waals surface area contributed by atoms with Crippen LogP contribution in [0.1, 0.15) is 39.5 Å². The van der Waals surface area contributed by atoms with Gasteiger partial charge in [-0.2, -0.15) is 0 Å². The van der Waals surface area contributed by atoms with Gasteiger partial charge < -0.3 is 15.2 Å². The average molecular weight is 295 g/mol. The van der Waals surface area contributed by atoms with Crippen LogP contribution >= 0.6 is 0 Å². The monoisotopic (exact) mass is 295 g/mol. The summed E-state index contributed by atoms with van der Waals surface area (Å²) in [5, 5.41) is 12.2. The van der Waals surface area contributed by atoms with Gasteiger partial charge in [0, 0.05) is 6.54 Å². The second kappa shape index (κ2) is 7.07. The molecule has 21 heavy (non-hydrogen) atoms. The Hall–Kier alpha value is -1.36. The molecule has 2 N–H and O–H groups in total. The number of ether oxygens (including phenoxy) is 1. The molecule has 0 saturated carbocycles. The fourth-order valence-corrected chi connectivity index (χ4v) is 3.22. The molecule has 0 radical (unpaired) electrons. The lowest BCUT2D eigenvalue weighted by atomic mass is 9.82. The highest BCUT2D eigenvalue weighted by Gasteiger charge is 2.53. The molecule has 5 heteroatoms. The first kappa shape index (κ1) is 16.0. The summed E-state index contributed by atoms with van der Waals surface area (Å²) in [7, 11) is 0. The number of fused-ring (bicyclic) bond motifs is 2. The van der Waals surface area contributed by atoms with E-state index in [1.54, 1.807) is 6.08 Å². The number of nitrogens with one attached hydrogen (secondary N) is 1. The van der Waals surface area contributed by atoms with Crippen molar-refractivity contribution in [2.45, 2.75) is 51.7 Å². The molecular weight excluding hydrogens is 270 g/mol. The molecule has 0 aromatic heterocycles. The number of carbonyl (C=O) groups is 2. The molecule has 1 fully saturated rings. The first-order valence-electron chi connectivity index (χ1n) is 7.92. The minimum atomic E-state index is -0.954. The first-order valence-corrected chi connectivity index (χ1v) is 7.92. The number of hydrogen-bond donors (Lipinski definition) is 2. The molecule has 0 spiro atoms. The molecule has 0 aromatic carbocycles. The molecule has 5 atom stereocenters. The van der Waals surface area contributed by atoms with E-state index in [4.69, 9.17) is 4.74 Å². The highest BCUT2D eigenvalue weighted by molar-refractivity contribution is 5.87. The zero-order valence-corrected chi connectivity index (χ0v) is 12.7. The van der Waals surface area contributed by atoms with Gasteiger partial charge in [0.15, 0.2) is 0 Å². The molecule has 2 rings (SSSR count). The van der Waals surface area contributed by atoms with Gasteiger partial charge in [0.1, 0.15) is 5.92 Å². The molecular formula is C16H25NO4. The molecule has 118 valence electrons. The van der Waals surface area contributed by atoms with E-state index < -0.39 is 23.9 Å². The van der Waals surface area contributed by atoms with Crippen LogP contribution in [-0.4, -0.2) is 35.7 Å². The zero-order valence-electron chi connectivity index (χ0n) is 12.7. The number of carboxylic acids is 1. The summed E-state index contributed by atoms with van der Waals surface area (Å²) in [6, 6.07) is 0. The second-order valence-electron chi connectivity index (χ2n) is 6.00. The maximum atomic E-state index is 12.4. The summed E-state index contributed by atoms with van der Waals surface area (Å²) in [4.78, 5) is 23.7. The molecule has 0 unspecified atom stereocenters. The van der Waals surface area contributed by atoms with Gasteiger partial charge in [-0.15, -0.1) is 0 Å². The van der Waals surface area contributed by atoms with Crippen LogP contribution in [0, 0.1) is 17.8 Å². The molecule has 1 amide bonds. The zero-order chi connectivity index (χ0) is 15.4. The van der Waals surface area contributed by atoms with Crippen molar-refractivity contribution in [3.05, 3.63) is 12.2 Å². The summed E-state index contributed by atoms with van der Waals surface area (Å²) < 4.78 is 5.53. The van der Waals surface area contributed by atoms with Gasteiger partial charge >= 0.3 is 5.97 Å². The van der Waals surface area contributed by atoms with Crippen molar-refractivity contribution < 1.29 is 19.4 Å². The van der Waals surface area contributed by atoms with Crippen molar-refractivity contribution in [2.24, 2.45) is 17.8 Å². The van der Waals surface area contributed by atoms with Gasteiger partial charge in [-0.25, -0.2) is 0 Å². The van der Waals surface area contributed by atoms with Gasteiger partial charge in [-0.1, -0.05) is 45.3 Å². The average Bonchev–Trinajstić information content (AvgIpc) is 3.07. The molecule has 2 heterocycles. The van der Waals surface area contributed by atoms with Gasteiger partial charge in [-0.3, -0.25) is 9.59 Å². The highest BCUT2D eigenvalue weighted by Crippen LogP contribution is 2.39. The lowest BCUT2D eigenvalue weighted by Crippen LogP contribution is -2.43. The fourth-order valence-electron chi connectivity index (χ4n) is 3.22. The topological polar surface area (TPSA) is 75.6 Å². The third-order valence-corrected chi connectivity index (χ3v) is 4.60. The lowest BCUT2D eigenvalue weighted by molar-refractivity contribution is -0.146. The van der Waals surface area contributed by atoms with Crippen molar-refractivity contribution in [2.75, 3.05) is 6.54 Å². The van der Waals surface area contributed by atoms with E-state index in [9.17, 15) is 14.7 Å². The van der Waals surface area contributed by atoms with Gasteiger partial charge in [-0.05, 0) is 12.3 Å². The van der Waals surface area contributed by atoms with Gasteiger partial charge in [0.2, 0.25) is 5.91 Å². The third-order valence-electron chi connectivity index (χ3n) is 4.60. The number of carboxylic acid groups (broad SMARTS) is 1. The summed E-state index contributed by atoms with van der Waals surface area (Å²) >= 11 is 0.